The lowest BCUT2D eigenvalue weighted by molar-refractivity contribution is -0.156. The maximum atomic E-state index is 13.1. The van der Waals surface area contributed by atoms with E-state index >= 15 is 0 Å². The van der Waals surface area contributed by atoms with Crippen LogP contribution in [0.4, 0.5) is 0 Å². The first kappa shape index (κ1) is 15.8. The molecule has 2 aliphatic heterocycles. The Labute approximate surface area is 143 Å². The normalized spacial score (nSPS) is 47.2. The van der Waals surface area contributed by atoms with Crippen molar-refractivity contribution in [1.29, 1.82) is 0 Å². The molecule has 5 nitrogen and oxygen atoms in total. The summed E-state index contributed by atoms with van der Waals surface area (Å²) in [6.07, 6.45) is 11.0. The molecule has 9 atom stereocenters. The van der Waals surface area contributed by atoms with Crippen LogP contribution in [0.2, 0.25) is 0 Å². The van der Waals surface area contributed by atoms with Gasteiger partial charge in [0.05, 0.1) is 0 Å². The van der Waals surface area contributed by atoms with E-state index in [-0.39, 0.29) is 46.1 Å². The van der Waals surface area contributed by atoms with Gasteiger partial charge in [-0.15, -0.1) is 0 Å². The molecule has 2 fully saturated rings. The zero-order chi connectivity index (χ0) is 17.0. The lowest BCUT2D eigenvalue weighted by Crippen LogP contribution is -2.51. The smallest absolute Gasteiger partial charge is 0.303 e. The van der Waals surface area contributed by atoms with E-state index in [0.29, 0.717) is 0 Å². The minimum Gasteiger partial charge on any atom is -0.458 e. The van der Waals surface area contributed by atoms with Crippen molar-refractivity contribution in [1.82, 2.24) is 0 Å². The Hall–Kier alpha value is -1.69. The standard InChI is InChI=1S/C18H20O5S/c1-9(19)22-13-7-8-14(23-10(2)20)16-15(13)17-11-5-3-4-6-12(11)18(16)24(17)21/h3-8,11-18H,1-2H3/t11?,12?,13?,14?,15?,16?,17-,18+,24?. The highest BCUT2D eigenvalue weighted by molar-refractivity contribution is 7.87. The van der Waals surface area contributed by atoms with Gasteiger partial charge in [-0.25, -0.2) is 0 Å². The van der Waals surface area contributed by atoms with Crippen LogP contribution in [0.25, 0.3) is 0 Å². The summed E-state index contributed by atoms with van der Waals surface area (Å²) >= 11 is 0. The van der Waals surface area contributed by atoms with Gasteiger partial charge in [-0.3, -0.25) is 13.8 Å². The van der Waals surface area contributed by atoms with Gasteiger partial charge >= 0.3 is 11.9 Å². The first-order valence-corrected chi connectivity index (χ1v) is 9.54. The summed E-state index contributed by atoms with van der Waals surface area (Å²) in [6.45, 7) is 2.77. The molecule has 0 aromatic rings. The molecule has 6 heteroatoms. The number of rotatable bonds is 2. The van der Waals surface area contributed by atoms with Crippen molar-refractivity contribution in [2.45, 2.75) is 36.6 Å². The average molecular weight is 348 g/mol. The van der Waals surface area contributed by atoms with Crippen LogP contribution >= 0.6 is 0 Å². The zero-order valence-corrected chi connectivity index (χ0v) is 14.3. The Morgan fingerprint density at radius 1 is 0.792 bits per heavy atom. The highest BCUT2D eigenvalue weighted by atomic mass is 32.2. The van der Waals surface area contributed by atoms with Crippen LogP contribution in [0, 0.1) is 23.7 Å². The molecule has 4 rings (SSSR count). The van der Waals surface area contributed by atoms with Crippen molar-refractivity contribution >= 4 is 22.7 Å². The van der Waals surface area contributed by atoms with Crippen LogP contribution in [-0.2, 0) is 29.9 Å². The maximum Gasteiger partial charge on any atom is 0.303 e. The summed E-state index contributed by atoms with van der Waals surface area (Å²) in [4.78, 5) is 23.0. The van der Waals surface area contributed by atoms with Crippen molar-refractivity contribution in [2.75, 3.05) is 0 Å². The van der Waals surface area contributed by atoms with E-state index in [9.17, 15) is 13.8 Å². The third-order valence-corrected chi connectivity index (χ3v) is 7.90. The van der Waals surface area contributed by atoms with Gasteiger partial charge in [0, 0.05) is 47.0 Å². The van der Waals surface area contributed by atoms with Gasteiger partial charge in [0.15, 0.2) is 0 Å². The predicted molar refractivity (Wildman–Crippen MR) is 88.2 cm³/mol. The van der Waals surface area contributed by atoms with E-state index in [4.69, 9.17) is 9.47 Å². The highest BCUT2D eigenvalue weighted by Gasteiger charge is 2.66. The minimum atomic E-state index is -1.04. The Kier molecular flexibility index (Phi) is 3.75. The summed E-state index contributed by atoms with van der Waals surface area (Å²) in [5.41, 5.74) is 0. The monoisotopic (exact) mass is 348 g/mol. The SMILES string of the molecule is CC(=O)OC1C=CC(OC(C)=O)C2C1[C@H]1C3C=CC=CC3[C@@H]2S1=O. The molecule has 0 radical (unpaired) electrons. The molecule has 4 aliphatic rings. The second-order valence-electron chi connectivity index (χ2n) is 6.87. The second-order valence-corrected chi connectivity index (χ2v) is 8.62. The highest BCUT2D eigenvalue weighted by Crippen LogP contribution is 2.58. The molecule has 24 heavy (non-hydrogen) atoms. The average Bonchev–Trinajstić information content (AvgIpc) is 2.98. The molecule has 0 N–H and O–H groups in total. The molecule has 2 aliphatic carbocycles. The quantitative estimate of drug-likeness (QED) is 0.559. The third-order valence-electron chi connectivity index (χ3n) is 5.57. The molecule has 2 bridgehead atoms. The lowest BCUT2D eigenvalue weighted by atomic mass is 9.62. The van der Waals surface area contributed by atoms with Crippen molar-refractivity contribution in [2.24, 2.45) is 23.7 Å². The molecule has 2 saturated heterocycles. The molecule has 2 heterocycles. The van der Waals surface area contributed by atoms with Crippen molar-refractivity contribution in [3.8, 4) is 0 Å². The summed E-state index contributed by atoms with van der Waals surface area (Å²) < 4.78 is 24.1. The first-order chi connectivity index (χ1) is 11.5. The fourth-order valence-electron chi connectivity index (χ4n) is 4.96. The van der Waals surface area contributed by atoms with Crippen LogP contribution in [-0.4, -0.2) is 38.9 Å². The molecular formula is C18H20O5S. The molecule has 0 aromatic carbocycles. The summed E-state index contributed by atoms with van der Waals surface area (Å²) in [5.74, 6) is -0.454. The molecular weight excluding hydrogens is 328 g/mol. The largest absolute Gasteiger partial charge is 0.458 e. The van der Waals surface area contributed by atoms with Crippen LogP contribution in [0.1, 0.15) is 13.8 Å². The van der Waals surface area contributed by atoms with Crippen LogP contribution in [0.5, 0.6) is 0 Å². The Balaban J connectivity index is 1.74. The number of hydrogen-bond donors (Lipinski definition) is 0. The summed E-state index contributed by atoms with van der Waals surface area (Å²) in [5, 5.41) is -0.142. The Bertz CT molecular complexity index is 638. The fraction of sp³-hybridized carbons (Fsp3) is 0.556. The second kappa shape index (κ2) is 5.69. The minimum absolute atomic E-state index is 0.0708. The number of hydrogen-bond acceptors (Lipinski definition) is 5. The topological polar surface area (TPSA) is 69.7 Å². The van der Waals surface area contributed by atoms with Gasteiger partial charge in [-0.2, -0.15) is 0 Å². The van der Waals surface area contributed by atoms with E-state index in [1.54, 1.807) is 12.2 Å². The predicted octanol–water partition coefficient (Wildman–Crippen LogP) is 1.52. The molecule has 7 unspecified atom stereocenters. The summed E-state index contributed by atoms with van der Waals surface area (Å²) in [7, 11) is -1.04. The van der Waals surface area contributed by atoms with Gasteiger partial charge in [-0.1, -0.05) is 24.3 Å². The van der Waals surface area contributed by atoms with E-state index in [1.165, 1.54) is 13.8 Å². The number of fused-ring (bicyclic) bond motifs is 8. The molecule has 0 amide bonds. The molecule has 128 valence electrons. The molecule has 0 saturated carbocycles. The summed E-state index contributed by atoms with van der Waals surface area (Å²) in [6, 6.07) is 0. The fourth-order valence-corrected chi connectivity index (χ4v) is 7.78. The number of allylic oxidation sites excluding steroid dienone is 4. The van der Waals surface area contributed by atoms with Gasteiger partial charge in [-0.05, 0) is 24.0 Å². The van der Waals surface area contributed by atoms with E-state index in [1.807, 2.05) is 12.2 Å². The van der Waals surface area contributed by atoms with Crippen LogP contribution in [0.3, 0.4) is 0 Å². The first-order valence-electron chi connectivity index (χ1n) is 8.26. The van der Waals surface area contributed by atoms with Gasteiger partial charge in [0.25, 0.3) is 0 Å². The van der Waals surface area contributed by atoms with Gasteiger partial charge in [0.2, 0.25) is 0 Å². The van der Waals surface area contributed by atoms with Gasteiger partial charge in [0.1, 0.15) is 12.2 Å². The van der Waals surface area contributed by atoms with E-state index in [0.717, 1.165) is 0 Å². The van der Waals surface area contributed by atoms with Crippen molar-refractivity contribution < 1.29 is 23.3 Å². The van der Waals surface area contributed by atoms with E-state index in [2.05, 4.69) is 12.2 Å². The number of carbonyl (C=O) groups is 2. The Morgan fingerprint density at radius 2 is 1.21 bits per heavy atom. The van der Waals surface area contributed by atoms with Gasteiger partial charge < -0.3 is 9.47 Å². The molecule has 0 aromatic heterocycles. The van der Waals surface area contributed by atoms with Crippen molar-refractivity contribution in [3.63, 3.8) is 0 Å². The van der Waals surface area contributed by atoms with Crippen LogP contribution < -0.4 is 0 Å². The number of carbonyl (C=O) groups excluding carboxylic acids is 2. The Morgan fingerprint density at radius 3 is 1.58 bits per heavy atom. The van der Waals surface area contributed by atoms with Crippen molar-refractivity contribution in [3.05, 3.63) is 36.5 Å². The third kappa shape index (κ3) is 2.23. The van der Waals surface area contributed by atoms with Crippen LogP contribution in [0.15, 0.2) is 36.5 Å². The maximum absolute atomic E-state index is 13.1. The number of ether oxygens (including phenoxy) is 2. The lowest BCUT2D eigenvalue weighted by Gasteiger charge is -2.44. The molecule has 0 spiro atoms. The zero-order valence-electron chi connectivity index (χ0n) is 13.5. The number of esters is 2. The van der Waals surface area contributed by atoms with E-state index < -0.39 is 23.0 Å².